The van der Waals surface area contributed by atoms with Crippen molar-refractivity contribution in [2.75, 3.05) is 13.2 Å². The second kappa shape index (κ2) is 8.68. The third-order valence-corrected chi connectivity index (χ3v) is 5.56. The minimum Gasteiger partial charge on any atom is -0.461 e. The molecule has 0 unspecified atom stereocenters. The molecule has 0 aliphatic carbocycles. The number of benzene rings is 1. The van der Waals surface area contributed by atoms with Gasteiger partial charge in [0, 0.05) is 47.9 Å². The molecule has 0 N–H and O–H groups in total. The molecule has 1 amide bonds. The third-order valence-electron chi connectivity index (χ3n) is 5.56. The Morgan fingerprint density at radius 2 is 2.03 bits per heavy atom. The van der Waals surface area contributed by atoms with Crippen molar-refractivity contribution >= 4 is 22.8 Å². The van der Waals surface area contributed by atoms with Gasteiger partial charge >= 0.3 is 5.97 Å². The number of aryl methyl sites for hydroxylation is 1. The van der Waals surface area contributed by atoms with Crippen molar-refractivity contribution in [3.63, 3.8) is 0 Å². The molecule has 0 radical (unpaired) electrons. The summed E-state index contributed by atoms with van der Waals surface area (Å²) in [5.74, 6) is -0.682. The molecule has 0 atom stereocenters. The van der Waals surface area contributed by atoms with E-state index in [9.17, 15) is 14.0 Å². The van der Waals surface area contributed by atoms with Crippen molar-refractivity contribution in [1.82, 2.24) is 19.7 Å². The SMILES string of the molecule is CCOC(=O)c1nn(CC(C)C)c2c1CN(C(=O)c1cc(C)nc3cc(F)ccc13)CC2. The molecule has 0 spiro atoms. The Hall–Kier alpha value is -3.29. The van der Waals surface area contributed by atoms with Crippen LogP contribution in [0, 0.1) is 18.7 Å². The molecule has 7 nitrogen and oxygen atoms in total. The van der Waals surface area contributed by atoms with Crippen LogP contribution in [0.15, 0.2) is 24.3 Å². The van der Waals surface area contributed by atoms with Crippen LogP contribution in [0.5, 0.6) is 0 Å². The molecule has 1 aliphatic rings. The molecule has 0 saturated heterocycles. The van der Waals surface area contributed by atoms with Gasteiger partial charge in [-0.15, -0.1) is 0 Å². The minimum absolute atomic E-state index is 0.177. The van der Waals surface area contributed by atoms with Gasteiger partial charge in [0.15, 0.2) is 5.69 Å². The molecule has 0 fully saturated rings. The van der Waals surface area contributed by atoms with Gasteiger partial charge in [-0.05, 0) is 38.0 Å². The van der Waals surface area contributed by atoms with Gasteiger partial charge in [0.25, 0.3) is 5.91 Å². The number of esters is 1. The number of halogens is 1. The number of fused-ring (bicyclic) bond motifs is 2. The summed E-state index contributed by atoms with van der Waals surface area (Å²) in [6.07, 6.45) is 0.594. The van der Waals surface area contributed by atoms with Crippen LogP contribution in [0.4, 0.5) is 4.39 Å². The second-order valence-corrected chi connectivity index (χ2v) is 8.52. The van der Waals surface area contributed by atoms with Crippen LogP contribution < -0.4 is 0 Å². The highest BCUT2D eigenvalue weighted by Crippen LogP contribution is 2.27. The maximum Gasteiger partial charge on any atom is 0.359 e. The first-order valence-corrected chi connectivity index (χ1v) is 10.9. The molecule has 3 aromatic rings. The number of nitrogens with zero attached hydrogens (tertiary/aromatic N) is 4. The third kappa shape index (κ3) is 4.09. The summed E-state index contributed by atoms with van der Waals surface area (Å²) in [6.45, 7) is 9.44. The molecule has 32 heavy (non-hydrogen) atoms. The van der Waals surface area contributed by atoms with Crippen molar-refractivity contribution in [3.05, 3.63) is 58.3 Å². The highest BCUT2D eigenvalue weighted by Gasteiger charge is 2.31. The molecule has 0 saturated carbocycles. The summed E-state index contributed by atoms with van der Waals surface area (Å²) in [4.78, 5) is 32.2. The fraction of sp³-hybridized carbons (Fsp3) is 0.417. The van der Waals surface area contributed by atoms with Gasteiger partial charge in [-0.2, -0.15) is 5.10 Å². The smallest absolute Gasteiger partial charge is 0.359 e. The lowest BCUT2D eigenvalue weighted by atomic mass is 10.0. The van der Waals surface area contributed by atoms with Crippen molar-refractivity contribution in [1.29, 1.82) is 0 Å². The summed E-state index contributed by atoms with van der Waals surface area (Å²) in [5.41, 5.74) is 3.55. The van der Waals surface area contributed by atoms with Crippen molar-refractivity contribution in [3.8, 4) is 0 Å². The number of hydrogen-bond acceptors (Lipinski definition) is 5. The average molecular weight is 439 g/mol. The summed E-state index contributed by atoms with van der Waals surface area (Å²) < 4.78 is 20.8. The maximum absolute atomic E-state index is 13.7. The molecule has 8 heteroatoms. The fourth-order valence-electron chi connectivity index (χ4n) is 4.21. The predicted octanol–water partition coefficient (Wildman–Crippen LogP) is 3.91. The van der Waals surface area contributed by atoms with Crippen molar-refractivity contribution < 1.29 is 18.7 Å². The summed E-state index contributed by atoms with van der Waals surface area (Å²) >= 11 is 0. The Morgan fingerprint density at radius 1 is 1.25 bits per heavy atom. The lowest BCUT2D eigenvalue weighted by Crippen LogP contribution is -2.37. The van der Waals surface area contributed by atoms with Gasteiger partial charge in [0.1, 0.15) is 5.82 Å². The van der Waals surface area contributed by atoms with Gasteiger partial charge in [0.05, 0.1) is 24.2 Å². The topological polar surface area (TPSA) is 77.3 Å². The standard InChI is InChI=1S/C24H27FN4O3/c1-5-32-24(31)22-19-13-28(9-8-21(19)29(27-22)12-14(2)3)23(30)18-10-15(4)26-20-11-16(25)6-7-17(18)20/h6-7,10-11,14H,5,8-9,12-13H2,1-4H3. The van der Waals surface area contributed by atoms with E-state index in [0.29, 0.717) is 47.6 Å². The Kier molecular flexibility index (Phi) is 5.95. The highest BCUT2D eigenvalue weighted by atomic mass is 19.1. The first-order chi connectivity index (χ1) is 15.3. The van der Waals surface area contributed by atoms with E-state index in [4.69, 9.17) is 4.74 Å². The fourth-order valence-corrected chi connectivity index (χ4v) is 4.21. The molecule has 1 aliphatic heterocycles. The number of carbonyl (C=O) groups is 2. The Bertz CT molecular complexity index is 1200. The molecular formula is C24H27FN4O3. The van der Waals surface area contributed by atoms with Crippen LogP contribution in [0.1, 0.15) is 58.6 Å². The van der Waals surface area contributed by atoms with E-state index in [1.807, 2.05) is 4.68 Å². The number of pyridine rings is 1. The van der Waals surface area contributed by atoms with E-state index in [2.05, 4.69) is 23.9 Å². The van der Waals surface area contributed by atoms with E-state index in [0.717, 1.165) is 11.3 Å². The molecule has 1 aromatic carbocycles. The second-order valence-electron chi connectivity index (χ2n) is 8.52. The zero-order valence-corrected chi connectivity index (χ0v) is 18.8. The number of hydrogen-bond donors (Lipinski definition) is 0. The number of amides is 1. The first kappa shape index (κ1) is 21.9. The summed E-state index contributed by atoms with van der Waals surface area (Å²) in [5, 5.41) is 5.15. The van der Waals surface area contributed by atoms with E-state index < -0.39 is 11.8 Å². The van der Waals surface area contributed by atoms with Crippen molar-refractivity contribution in [2.24, 2.45) is 5.92 Å². The van der Waals surface area contributed by atoms with E-state index >= 15 is 0 Å². The number of aromatic nitrogens is 3. The number of rotatable bonds is 5. The highest BCUT2D eigenvalue weighted by molar-refractivity contribution is 6.06. The maximum atomic E-state index is 13.7. The summed E-state index contributed by atoms with van der Waals surface area (Å²) in [6, 6.07) is 5.98. The predicted molar refractivity (Wildman–Crippen MR) is 118 cm³/mol. The molecule has 0 bridgehead atoms. The van der Waals surface area contributed by atoms with Crippen LogP contribution in [0.3, 0.4) is 0 Å². The summed E-state index contributed by atoms with van der Waals surface area (Å²) in [7, 11) is 0. The van der Waals surface area contributed by atoms with Gasteiger partial charge in [-0.1, -0.05) is 13.8 Å². The van der Waals surface area contributed by atoms with Gasteiger partial charge in [-0.25, -0.2) is 9.18 Å². The Labute approximate surface area is 186 Å². The largest absolute Gasteiger partial charge is 0.461 e. The number of carbonyl (C=O) groups excluding carboxylic acids is 2. The van der Waals surface area contributed by atoms with Crippen LogP contribution in [0.25, 0.3) is 10.9 Å². The Balaban J connectivity index is 1.71. The van der Waals surface area contributed by atoms with Gasteiger partial charge < -0.3 is 9.64 Å². The monoisotopic (exact) mass is 438 g/mol. The zero-order valence-electron chi connectivity index (χ0n) is 18.8. The van der Waals surface area contributed by atoms with Crippen molar-refractivity contribution in [2.45, 2.75) is 47.2 Å². The van der Waals surface area contributed by atoms with E-state index in [-0.39, 0.29) is 24.8 Å². The van der Waals surface area contributed by atoms with Crippen LogP contribution in [-0.2, 0) is 24.2 Å². The van der Waals surface area contributed by atoms with E-state index in [1.165, 1.54) is 12.1 Å². The van der Waals surface area contributed by atoms with Gasteiger partial charge in [-0.3, -0.25) is 14.5 Å². The lowest BCUT2D eigenvalue weighted by Gasteiger charge is -2.28. The normalized spacial score (nSPS) is 13.5. The average Bonchev–Trinajstić information content (AvgIpc) is 3.09. The molecule has 3 heterocycles. The van der Waals surface area contributed by atoms with Crippen LogP contribution >= 0.6 is 0 Å². The van der Waals surface area contributed by atoms with Crippen LogP contribution in [-0.4, -0.2) is 44.7 Å². The first-order valence-electron chi connectivity index (χ1n) is 10.9. The number of ether oxygens (including phenoxy) is 1. The lowest BCUT2D eigenvalue weighted by molar-refractivity contribution is 0.0513. The zero-order chi connectivity index (χ0) is 23.0. The molecule has 168 valence electrons. The Morgan fingerprint density at radius 3 is 2.75 bits per heavy atom. The van der Waals surface area contributed by atoms with Crippen LogP contribution in [0.2, 0.25) is 0 Å². The molecular weight excluding hydrogens is 411 g/mol. The molecule has 2 aromatic heterocycles. The minimum atomic E-state index is -0.471. The van der Waals surface area contributed by atoms with E-state index in [1.54, 1.807) is 30.9 Å². The quantitative estimate of drug-likeness (QED) is 0.565. The van der Waals surface area contributed by atoms with Gasteiger partial charge in [0.2, 0.25) is 0 Å². The molecule has 4 rings (SSSR count).